The van der Waals surface area contributed by atoms with Crippen molar-refractivity contribution < 1.29 is 14.0 Å². The normalized spacial score (nSPS) is 18.9. The predicted octanol–water partition coefficient (Wildman–Crippen LogP) is 3.89. The van der Waals surface area contributed by atoms with Crippen molar-refractivity contribution in [3.05, 3.63) is 53.7 Å². The molecule has 2 atom stereocenters. The lowest BCUT2D eigenvalue weighted by Crippen LogP contribution is -2.36. The van der Waals surface area contributed by atoms with E-state index in [2.05, 4.69) is 20.6 Å². The van der Waals surface area contributed by atoms with Crippen molar-refractivity contribution in [2.75, 3.05) is 5.32 Å². The Kier molecular flexibility index (Phi) is 5.48. The van der Waals surface area contributed by atoms with Crippen molar-refractivity contribution in [1.29, 1.82) is 0 Å². The molecule has 2 heterocycles. The quantitative estimate of drug-likeness (QED) is 0.626. The Morgan fingerprint density at radius 2 is 1.97 bits per heavy atom. The Morgan fingerprint density at radius 3 is 2.60 bits per heavy atom. The van der Waals surface area contributed by atoms with Gasteiger partial charge in [0.25, 0.3) is 0 Å². The fraction of sp³-hybridized carbons (Fsp3) is 0.364. The Bertz CT molecular complexity index is 1070. The van der Waals surface area contributed by atoms with Gasteiger partial charge in [0.05, 0.1) is 22.6 Å². The van der Waals surface area contributed by atoms with Crippen LogP contribution >= 0.6 is 0 Å². The van der Waals surface area contributed by atoms with E-state index in [-0.39, 0.29) is 17.3 Å². The Balaban J connectivity index is 1.55. The van der Waals surface area contributed by atoms with Crippen LogP contribution in [-0.4, -0.2) is 31.7 Å². The summed E-state index contributed by atoms with van der Waals surface area (Å²) in [6.07, 6.45) is 6.22. The van der Waals surface area contributed by atoms with Crippen LogP contribution in [0.15, 0.2) is 36.7 Å². The van der Waals surface area contributed by atoms with E-state index >= 15 is 0 Å². The molecule has 30 heavy (non-hydrogen) atoms. The second kappa shape index (κ2) is 8.22. The molecule has 156 valence electrons. The van der Waals surface area contributed by atoms with Gasteiger partial charge >= 0.3 is 0 Å². The lowest BCUT2D eigenvalue weighted by Gasteiger charge is -2.29. The van der Waals surface area contributed by atoms with Crippen LogP contribution in [0.3, 0.4) is 0 Å². The predicted molar refractivity (Wildman–Crippen MR) is 110 cm³/mol. The Morgan fingerprint density at radius 1 is 1.20 bits per heavy atom. The highest BCUT2D eigenvalue weighted by molar-refractivity contribution is 6.03. The summed E-state index contributed by atoms with van der Waals surface area (Å²) in [5, 5.41) is 13.8. The summed E-state index contributed by atoms with van der Waals surface area (Å²) in [6.45, 7) is 1.82. The van der Waals surface area contributed by atoms with Crippen LogP contribution < -0.4 is 5.32 Å². The number of nitrogens with one attached hydrogen (secondary N) is 2. The van der Waals surface area contributed by atoms with E-state index in [9.17, 15) is 14.0 Å². The molecule has 0 unspecified atom stereocenters. The smallest absolute Gasteiger partial charge is 0.228 e. The molecule has 0 radical (unpaired) electrons. The molecule has 1 fully saturated rings. The number of amides is 1. The molecule has 1 saturated carbocycles. The summed E-state index contributed by atoms with van der Waals surface area (Å²) < 4.78 is 16.4. The Hall–Kier alpha value is -3.29. The maximum Gasteiger partial charge on any atom is 0.228 e. The van der Waals surface area contributed by atoms with Crippen molar-refractivity contribution >= 4 is 17.4 Å². The molecule has 0 aliphatic heterocycles. The zero-order chi connectivity index (χ0) is 21.3. The number of H-pyrrole nitrogens is 1. The van der Waals surface area contributed by atoms with Crippen molar-refractivity contribution in [1.82, 2.24) is 20.0 Å². The lowest BCUT2D eigenvalue weighted by atomic mass is 9.74. The number of carbonyl (C=O) groups is 2. The first kappa shape index (κ1) is 20.0. The number of benzene rings is 1. The van der Waals surface area contributed by atoms with Crippen molar-refractivity contribution in [2.24, 2.45) is 18.9 Å². The minimum atomic E-state index is -0.583. The highest BCUT2D eigenvalue weighted by Gasteiger charge is 2.37. The number of halogens is 1. The van der Waals surface area contributed by atoms with Gasteiger partial charge < -0.3 is 5.32 Å². The largest absolute Gasteiger partial charge is 0.323 e. The second-order valence-electron chi connectivity index (χ2n) is 7.82. The molecular weight excluding hydrogens is 385 g/mol. The molecule has 1 aromatic carbocycles. The summed E-state index contributed by atoms with van der Waals surface area (Å²) in [7, 11) is 1.78. The third-order valence-corrected chi connectivity index (χ3v) is 5.76. The maximum absolute atomic E-state index is 14.8. The van der Waals surface area contributed by atoms with Gasteiger partial charge in [-0.2, -0.15) is 10.2 Å². The first-order valence-corrected chi connectivity index (χ1v) is 10.1. The van der Waals surface area contributed by atoms with E-state index in [1.165, 1.54) is 12.1 Å². The molecule has 1 amide bonds. The summed E-state index contributed by atoms with van der Waals surface area (Å²) in [5.41, 5.74) is 2.67. The highest BCUT2D eigenvalue weighted by atomic mass is 19.1. The fourth-order valence-corrected chi connectivity index (χ4v) is 4.21. The lowest BCUT2D eigenvalue weighted by molar-refractivity contribution is -0.122. The van der Waals surface area contributed by atoms with Gasteiger partial charge in [-0.25, -0.2) is 4.39 Å². The molecule has 7 nitrogen and oxygen atoms in total. The summed E-state index contributed by atoms with van der Waals surface area (Å²) in [6, 6.07) is 6.26. The number of nitrogens with zero attached hydrogens (tertiary/aromatic N) is 3. The molecule has 8 heteroatoms. The van der Waals surface area contributed by atoms with Crippen molar-refractivity contribution in [3.8, 4) is 11.3 Å². The summed E-state index contributed by atoms with van der Waals surface area (Å²) >= 11 is 0. The molecule has 0 saturated heterocycles. The molecule has 4 rings (SSSR count). The van der Waals surface area contributed by atoms with E-state index < -0.39 is 17.7 Å². The third-order valence-electron chi connectivity index (χ3n) is 5.76. The number of hydrogen-bond donors (Lipinski definition) is 2. The number of aromatic amines is 1. The number of aromatic nitrogens is 4. The molecule has 1 aliphatic carbocycles. The number of anilines is 1. The van der Waals surface area contributed by atoms with Gasteiger partial charge in [0.2, 0.25) is 5.91 Å². The van der Waals surface area contributed by atoms with Gasteiger partial charge in [0.15, 0.2) is 5.78 Å². The number of hydrogen-bond acceptors (Lipinski definition) is 4. The van der Waals surface area contributed by atoms with Gasteiger partial charge in [-0.05, 0) is 38.0 Å². The van der Waals surface area contributed by atoms with Gasteiger partial charge in [0.1, 0.15) is 5.82 Å². The Labute approximate surface area is 173 Å². The number of ketones is 1. The molecule has 3 aromatic rings. The topological polar surface area (TPSA) is 92.7 Å². The zero-order valence-corrected chi connectivity index (χ0v) is 17.0. The third kappa shape index (κ3) is 3.90. The van der Waals surface area contributed by atoms with E-state index in [0.717, 1.165) is 12.8 Å². The maximum atomic E-state index is 14.8. The monoisotopic (exact) mass is 409 g/mol. The first-order valence-electron chi connectivity index (χ1n) is 10.1. The van der Waals surface area contributed by atoms with Gasteiger partial charge in [-0.15, -0.1) is 0 Å². The average Bonchev–Trinajstić information content (AvgIpc) is 3.37. The van der Waals surface area contributed by atoms with Gasteiger partial charge in [-0.1, -0.05) is 18.9 Å². The number of Topliss-reactive ketones (excluding diaryl/α,β-unsaturated/α-hetero) is 1. The summed E-state index contributed by atoms with van der Waals surface area (Å²) in [5.74, 6) is -2.13. The van der Waals surface area contributed by atoms with Crippen molar-refractivity contribution in [3.63, 3.8) is 0 Å². The first-order chi connectivity index (χ1) is 14.4. The summed E-state index contributed by atoms with van der Waals surface area (Å²) in [4.78, 5) is 26.2. The van der Waals surface area contributed by atoms with Crippen LogP contribution in [0.25, 0.3) is 11.3 Å². The number of rotatable bonds is 5. The fourth-order valence-electron chi connectivity index (χ4n) is 4.21. The van der Waals surface area contributed by atoms with Gasteiger partial charge in [0, 0.05) is 36.8 Å². The SMILES string of the molecule is Cc1nn(C)cc1NC(=O)[C@@H]1CCCC[C@H]1C(=O)c1ccc(-c2ccn[nH]2)cc1F. The number of aryl methyl sites for hydroxylation is 2. The van der Waals surface area contributed by atoms with E-state index in [1.807, 2.05) is 6.92 Å². The van der Waals surface area contributed by atoms with Crippen LogP contribution in [0.2, 0.25) is 0 Å². The van der Waals surface area contributed by atoms with Crippen LogP contribution in [0, 0.1) is 24.6 Å². The van der Waals surface area contributed by atoms with E-state index in [0.29, 0.717) is 35.5 Å². The molecule has 0 bridgehead atoms. The van der Waals surface area contributed by atoms with Gasteiger partial charge in [-0.3, -0.25) is 19.4 Å². The second-order valence-corrected chi connectivity index (χ2v) is 7.82. The highest BCUT2D eigenvalue weighted by Crippen LogP contribution is 2.34. The van der Waals surface area contributed by atoms with Crippen LogP contribution in [0.1, 0.15) is 41.7 Å². The van der Waals surface area contributed by atoms with Crippen LogP contribution in [-0.2, 0) is 11.8 Å². The molecular formula is C22H24FN5O2. The zero-order valence-electron chi connectivity index (χ0n) is 17.0. The van der Waals surface area contributed by atoms with Crippen molar-refractivity contribution in [2.45, 2.75) is 32.6 Å². The minimum Gasteiger partial charge on any atom is -0.323 e. The van der Waals surface area contributed by atoms with Crippen LogP contribution in [0.5, 0.6) is 0 Å². The van der Waals surface area contributed by atoms with Crippen LogP contribution in [0.4, 0.5) is 10.1 Å². The average molecular weight is 409 g/mol. The molecule has 2 N–H and O–H groups in total. The number of carbonyl (C=O) groups excluding carboxylic acids is 2. The van der Waals surface area contributed by atoms with E-state index in [1.54, 1.807) is 36.3 Å². The standard InChI is InChI=1S/C22H24FN5O2/c1-13-20(12-28(2)27-13)25-22(30)16-6-4-3-5-15(16)21(29)17-8-7-14(11-18(17)23)19-9-10-24-26-19/h7-12,15-16H,3-6H2,1-2H3,(H,24,26)(H,25,30)/t15-,16-/m1/s1. The minimum absolute atomic E-state index is 0.0283. The molecule has 2 aromatic heterocycles. The molecule has 1 aliphatic rings. The molecule has 0 spiro atoms. The van der Waals surface area contributed by atoms with E-state index in [4.69, 9.17) is 0 Å².